The van der Waals surface area contributed by atoms with Gasteiger partial charge in [0.15, 0.2) is 0 Å². The van der Waals surface area contributed by atoms with Gasteiger partial charge in [-0.25, -0.2) is 4.98 Å². The topological polar surface area (TPSA) is 173 Å². The number of nitrogen functional groups attached to an aromatic ring is 1. The van der Waals surface area contributed by atoms with Gasteiger partial charge in [-0.05, 0) is 23.6 Å². The van der Waals surface area contributed by atoms with Crippen LogP contribution in [-0.4, -0.2) is 158 Å². The molecule has 1 fully saturated rings. The van der Waals surface area contributed by atoms with Crippen LogP contribution in [0.1, 0.15) is 40.5 Å². The number of aliphatic carboxylic acids is 1. The molecule has 0 saturated carbocycles. The van der Waals surface area contributed by atoms with Crippen LogP contribution in [0, 0.1) is 10.8 Å². The van der Waals surface area contributed by atoms with Crippen LogP contribution in [0.4, 0.5) is 22.9 Å². The lowest BCUT2D eigenvalue weighted by Gasteiger charge is -2.36. The molecule has 2 aromatic rings. The molecule has 1 aromatic carbocycles. The molecule has 3 rings (SSSR count). The highest BCUT2D eigenvalue weighted by Gasteiger charge is 2.28. The van der Waals surface area contributed by atoms with Gasteiger partial charge in [0.2, 0.25) is 5.91 Å². The lowest BCUT2D eigenvalue weighted by molar-refractivity contribution is -0.141. The van der Waals surface area contributed by atoms with Crippen molar-refractivity contribution in [2.45, 2.75) is 40.5 Å². The number of hydrogen-bond donors (Lipinski definition) is 4. The first-order valence-electron chi connectivity index (χ1n) is 18.6. The maximum atomic E-state index is 13.4. The zero-order valence-corrected chi connectivity index (χ0v) is 33.1. The number of benzene rings is 1. The maximum absolute atomic E-state index is 13.4. The largest absolute Gasteiger partial charge is 0.481 e. The minimum atomic E-state index is -0.849. The number of rotatable bonds is 26. The van der Waals surface area contributed by atoms with Gasteiger partial charge in [-0.3, -0.25) is 14.5 Å². The van der Waals surface area contributed by atoms with Gasteiger partial charge in [-0.1, -0.05) is 27.7 Å². The standard InChI is InChI=1S/C38H65N7O8/c1-37(2,25-33(47)48)27-53-28-38(3,4)26-45(32(46)10-17-50-22-23-52-21-20-49-7)16-19-51-18-15-43-11-13-44(14-12-43)29-8-9-31-30(24-29)34(40-5)35(41-6)36(39)42-31/h8-9,24,41H,10-23,25-28H2,1-7H3,(H,47,48)(H3,39,40,42). The highest BCUT2D eigenvalue weighted by atomic mass is 16.5. The maximum Gasteiger partial charge on any atom is 0.303 e. The molecule has 15 heteroatoms. The number of hydrogen-bond acceptors (Lipinski definition) is 13. The first-order valence-corrected chi connectivity index (χ1v) is 18.6. The summed E-state index contributed by atoms with van der Waals surface area (Å²) in [5.74, 6) is -0.392. The molecular formula is C38H65N7O8. The number of anilines is 4. The van der Waals surface area contributed by atoms with Crippen LogP contribution in [0.15, 0.2) is 18.2 Å². The van der Waals surface area contributed by atoms with Crippen LogP contribution in [0.3, 0.4) is 0 Å². The minimum absolute atomic E-state index is 0.0127. The number of carboxylic acid groups (broad SMARTS) is 1. The number of carbonyl (C=O) groups excluding carboxylic acids is 1. The molecule has 1 aliphatic heterocycles. The predicted molar refractivity (Wildman–Crippen MR) is 210 cm³/mol. The van der Waals surface area contributed by atoms with Crippen LogP contribution < -0.4 is 21.3 Å². The smallest absolute Gasteiger partial charge is 0.303 e. The zero-order valence-electron chi connectivity index (χ0n) is 33.1. The van der Waals surface area contributed by atoms with Gasteiger partial charge >= 0.3 is 5.97 Å². The van der Waals surface area contributed by atoms with Gasteiger partial charge in [-0.2, -0.15) is 0 Å². The Kier molecular flexibility index (Phi) is 18.3. The van der Waals surface area contributed by atoms with Crippen molar-refractivity contribution >= 4 is 45.7 Å². The Hall–Kier alpha value is -3.47. The van der Waals surface area contributed by atoms with Gasteiger partial charge in [0.05, 0.1) is 83.5 Å². The Labute approximate surface area is 315 Å². The number of carbonyl (C=O) groups is 2. The molecule has 2 heterocycles. The third-order valence-corrected chi connectivity index (χ3v) is 9.14. The molecule has 5 N–H and O–H groups in total. The number of nitrogens with zero attached hydrogens (tertiary/aromatic N) is 4. The van der Waals surface area contributed by atoms with Crippen LogP contribution >= 0.6 is 0 Å². The molecule has 1 aromatic heterocycles. The third kappa shape index (κ3) is 15.1. The van der Waals surface area contributed by atoms with Gasteiger partial charge in [-0.15, -0.1) is 0 Å². The van der Waals surface area contributed by atoms with E-state index in [4.69, 9.17) is 29.4 Å². The summed E-state index contributed by atoms with van der Waals surface area (Å²) in [6, 6.07) is 6.32. The van der Waals surface area contributed by atoms with E-state index >= 15 is 0 Å². The summed E-state index contributed by atoms with van der Waals surface area (Å²) in [5.41, 5.74) is 9.07. The number of fused-ring (bicyclic) bond motifs is 1. The molecule has 0 atom stereocenters. The molecule has 0 unspecified atom stereocenters. The first-order chi connectivity index (χ1) is 25.3. The first kappa shape index (κ1) is 43.9. The number of ether oxygens (including phenoxy) is 5. The molecule has 0 aliphatic carbocycles. The Morgan fingerprint density at radius 1 is 0.868 bits per heavy atom. The number of aromatic nitrogens is 1. The van der Waals surface area contributed by atoms with Crippen molar-refractivity contribution in [2.75, 3.05) is 148 Å². The van der Waals surface area contributed by atoms with E-state index in [1.54, 1.807) is 7.11 Å². The van der Waals surface area contributed by atoms with Crippen molar-refractivity contribution in [3.05, 3.63) is 18.2 Å². The summed E-state index contributed by atoms with van der Waals surface area (Å²) in [7, 11) is 5.36. The van der Waals surface area contributed by atoms with Gasteiger partial charge in [0.1, 0.15) is 11.5 Å². The average molecular weight is 748 g/mol. The van der Waals surface area contributed by atoms with Crippen LogP contribution in [-0.2, 0) is 33.3 Å². The Morgan fingerprint density at radius 2 is 1.51 bits per heavy atom. The lowest BCUT2D eigenvalue weighted by atomic mass is 9.90. The van der Waals surface area contributed by atoms with Crippen LogP contribution in [0.2, 0.25) is 0 Å². The average Bonchev–Trinajstić information content (AvgIpc) is 3.10. The number of amides is 1. The monoisotopic (exact) mass is 747 g/mol. The minimum Gasteiger partial charge on any atom is -0.481 e. The highest BCUT2D eigenvalue weighted by molar-refractivity contribution is 6.02. The van der Waals surface area contributed by atoms with E-state index in [1.165, 1.54) is 0 Å². The van der Waals surface area contributed by atoms with Crippen LogP contribution in [0.5, 0.6) is 0 Å². The fraction of sp³-hybridized carbons (Fsp3) is 0.711. The second-order valence-corrected chi connectivity index (χ2v) is 15.1. The number of nitrogens with two attached hydrogens (primary N) is 1. The molecule has 0 radical (unpaired) electrons. The summed E-state index contributed by atoms with van der Waals surface area (Å²) in [6.07, 6.45) is 0.274. The van der Waals surface area contributed by atoms with Crippen molar-refractivity contribution < 1.29 is 38.4 Å². The highest BCUT2D eigenvalue weighted by Crippen LogP contribution is 2.36. The summed E-state index contributed by atoms with van der Waals surface area (Å²) in [5, 5.41) is 16.7. The van der Waals surface area contributed by atoms with E-state index < -0.39 is 11.4 Å². The SMILES string of the molecule is CNc1c(N)nc2ccc(N3CCN(CCOCCN(CC(C)(C)COCC(C)(C)CC(=O)O)C(=O)CCOCCOCCOC)CC3)cc2c1NC. The van der Waals surface area contributed by atoms with Crippen molar-refractivity contribution in [3.63, 3.8) is 0 Å². The van der Waals surface area contributed by atoms with E-state index in [0.717, 1.165) is 60.7 Å². The summed E-state index contributed by atoms with van der Waals surface area (Å²) in [6.45, 7) is 17.1. The van der Waals surface area contributed by atoms with Crippen molar-refractivity contribution in [1.82, 2.24) is 14.8 Å². The second-order valence-electron chi connectivity index (χ2n) is 15.1. The quantitative estimate of drug-likeness (QED) is 0.103. The number of piperazine rings is 1. The fourth-order valence-electron chi connectivity index (χ4n) is 6.38. The third-order valence-electron chi connectivity index (χ3n) is 9.14. The summed E-state index contributed by atoms with van der Waals surface area (Å²) in [4.78, 5) is 35.8. The molecule has 1 saturated heterocycles. The molecule has 53 heavy (non-hydrogen) atoms. The number of nitrogens with one attached hydrogen (secondary N) is 2. The molecule has 300 valence electrons. The van der Waals surface area contributed by atoms with Gasteiger partial charge < -0.3 is 55.0 Å². The normalized spacial score (nSPS) is 14.1. The van der Waals surface area contributed by atoms with E-state index in [-0.39, 0.29) is 24.2 Å². The zero-order chi connectivity index (χ0) is 38.9. The Bertz CT molecular complexity index is 1420. The second kappa shape index (κ2) is 22.0. The fourth-order valence-corrected chi connectivity index (χ4v) is 6.38. The molecular weight excluding hydrogens is 682 g/mol. The lowest BCUT2D eigenvalue weighted by Crippen LogP contribution is -2.47. The number of carboxylic acids is 1. The number of pyridine rings is 1. The van der Waals surface area contributed by atoms with Crippen molar-refractivity contribution in [2.24, 2.45) is 10.8 Å². The van der Waals surface area contributed by atoms with E-state index in [0.29, 0.717) is 78.4 Å². The predicted octanol–water partition coefficient (Wildman–Crippen LogP) is 3.48. The Morgan fingerprint density at radius 3 is 2.17 bits per heavy atom. The van der Waals surface area contributed by atoms with E-state index in [9.17, 15) is 14.7 Å². The Balaban J connectivity index is 1.47. The molecule has 1 amide bonds. The van der Waals surface area contributed by atoms with Crippen molar-refractivity contribution in [1.29, 1.82) is 0 Å². The molecule has 0 bridgehead atoms. The van der Waals surface area contributed by atoms with E-state index in [2.05, 4.69) is 51.4 Å². The van der Waals surface area contributed by atoms with Crippen molar-refractivity contribution in [3.8, 4) is 0 Å². The van der Waals surface area contributed by atoms with Crippen LogP contribution in [0.25, 0.3) is 10.9 Å². The van der Waals surface area contributed by atoms with E-state index in [1.807, 2.05) is 38.9 Å². The number of methoxy groups -OCH3 is 1. The molecule has 1 aliphatic rings. The molecule has 0 spiro atoms. The summed E-state index contributed by atoms with van der Waals surface area (Å²) >= 11 is 0. The molecule has 15 nitrogen and oxygen atoms in total. The van der Waals surface area contributed by atoms with Gasteiger partial charge in [0, 0.05) is 83.5 Å². The summed E-state index contributed by atoms with van der Waals surface area (Å²) < 4.78 is 28.1. The van der Waals surface area contributed by atoms with Gasteiger partial charge in [0.25, 0.3) is 0 Å².